The highest BCUT2D eigenvalue weighted by Gasteiger charge is 2.03. The van der Waals surface area contributed by atoms with Crippen LogP contribution < -0.4 is 9.47 Å². The molecule has 104 valence electrons. The Morgan fingerprint density at radius 1 is 0.850 bits per heavy atom. The van der Waals surface area contributed by atoms with Crippen LogP contribution in [-0.2, 0) is 16.0 Å². The van der Waals surface area contributed by atoms with E-state index in [4.69, 9.17) is 9.47 Å². The number of carbonyl (C=O) groups excluding carboxylic acids is 1. The smallest absolute Gasteiger partial charge is 0.309 e. The molecule has 0 aliphatic heterocycles. The van der Waals surface area contributed by atoms with E-state index in [-0.39, 0.29) is 12.4 Å². The number of esters is 1. The van der Waals surface area contributed by atoms with Gasteiger partial charge in [0, 0.05) is 0 Å². The highest BCUT2D eigenvalue weighted by Crippen LogP contribution is 2.24. The minimum Gasteiger partial charge on any atom is -0.497 e. The van der Waals surface area contributed by atoms with Crippen molar-refractivity contribution in [2.75, 3.05) is 14.2 Å². The van der Waals surface area contributed by atoms with Crippen LogP contribution >= 0.6 is 0 Å². The molecular weight excluding hydrogens is 256 g/mol. The average Bonchev–Trinajstić information content (AvgIpc) is 2.50. The molecule has 4 heteroatoms. The highest BCUT2D eigenvalue weighted by molar-refractivity contribution is 5.72. The summed E-state index contributed by atoms with van der Waals surface area (Å²) in [5.74, 6) is 1.97. The highest BCUT2D eigenvalue weighted by atomic mass is 16.5. The van der Waals surface area contributed by atoms with Crippen molar-refractivity contribution < 1.29 is 19.0 Å². The number of benzene rings is 2. The van der Waals surface area contributed by atoms with Crippen molar-refractivity contribution in [3.63, 3.8) is 0 Å². The largest absolute Gasteiger partial charge is 0.497 e. The standard InChI is InChI=1S/C16H16O4/c1-18-13-7-9-15(10-8-13)20-14-5-3-12(4-6-14)11-16(17)19-2/h3-10H,11H2,1-2H3. The first-order valence-corrected chi connectivity index (χ1v) is 6.19. The third kappa shape index (κ3) is 3.75. The Balaban J connectivity index is 2.00. The molecule has 2 aromatic carbocycles. The second-order valence-electron chi connectivity index (χ2n) is 4.17. The van der Waals surface area contributed by atoms with Gasteiger partial charge in [0.05, 0.1) is 20.6 Å². The third-order valence-electron chi connectivity index (χ3n) is 2.79. The number of hydrogen-bond donors (Lipinski definition) is 0. The van der Waals surface area contributed by atoms with Gasteiger partial charge >= 0.3 is 5.97 Å². The molecule has 0 saturated heterocycles. The molecule has 0 unspecified atom stereocenters. The van der Waals surface area contributed by atoms with Gasteiger partial charge in [-0.1, -0.05) is 12.1 Å². The lowest BCUT2D eigenvalue weighted by molar-refractivity contribution is -0.139. The van der Waals surface area contributed by atoms with Gasteiger partial charge in [0.2, 0.25) is 0 Å². The Kier molecular flexibility index (Phi) is 4.60. The van der Waals surface area contributed by atoms with Crippen molar-refractivity contribution in [1.29, 1.82) is 0 Å². The van der Waals surface area contributed by atoms with Crippen LogP contribution in [0.4, 0.5) is 0 Å². The summed E-state index contributed by atoms with van der Waals surface area (Å²) in [7, 11) is 3.00. The lowest BCUT2D eigenvalue weighted by Gasteiger charge is -2.07. The lowest BCUT2D eigenvalue weighted by Crippen LogP contribution is -2.04. The van der Waals surface area contributed by atoms with Crippen molar-refractivity contribution >= 4 is 5.97 Å². The molecule has 0 aromatic heterocycles. The van der Waals surface area contributed by atoms with Crippen LogP contribution in [-0.4, -0.2) is 20.2 Å². The fraction of sp³-hybridized carbons (Fsp3) is 0.188. The second kappa shape index (κ2) is 6.61. The van der Waals surface area contributed by atoms with Crippen LogP contribution in [0.2, 0.25) is 0 Å². The van der Waals surface area contributed by atoms with Gasteiger partial charge in [-0.3, -0.25) is 4.79 Å². The Labute approximate surface area is 117 Å². The summed E-state index contributed by atoms with van der Waals surface area (Å²) in [5, 5.41) is 0. The zero-order valence-corrected chi connectivity index (χ0v) is 11.5. The van der Waals surface area contributed by atoms with Crippen LogP contribution in [0.5, 0.6) is 17.2 Å². The molecule has 0 fully saturated rings. The predicted molar refractivity (Wildman–Crippen MR) is 75.2 cm³/mol. The van der Waals surface area contributed by atoms with Gasteiger partial charge in [-0.25, -0.2) is 0 Å². The number of carbonyl (C=O) groups is 1. The fourth-order valence-corrected chi connectivity index (χ4v) is 1.69. The minimum atomic E-state index is -0.256. The van der Waals surface area contributed by atoms with E-state index in [0.717, 1.165) is 17.1 Å². The molecule has 0 bridgehead atoms. The first kappa shape index (κ1) is 13.9. The normalized spacial score (nSPS) is 9.90. The van der Waals surface area contributed by atoms with E-state index in [0.29, 0.717) is 5.75 Å². The molecule has 2 rings (SSSR count). The maximum Gasteiger partial charge on any atom is 0.309 e. The monoisotopic (exact) mass is 272 g/mol. The molecule has 0 amide bonds. The molecular formula is C16H16O4. The number of ether oxygens (including phenoxy) is 3. The Hall–Kier alpha value is -2.49. The fourth-order valence-electron chi connectivity index (χ4n) is 1.69. The molecule has 2 aromatic rings. The average molecular weight is 272 g/mol. The van der Waals surface area contributed by atoms with Gasteiger partial charge in [-0.2, -0.15) is 0 Å². The van der Waals surface area contributed by atoms with Gasteiger partial charge in [-0.15, -0.1) is 0 Å². The summed E-state index contributed by atoms with van der Waals surface area (Å²) in [6, 6.07) is 14.7. The third-order valence-corrected chi connectivity index (χ3v) is 2.79. The molecule has 0 aliphatic rings. The number of rotatable bonds is 5. The predicted octanol–water partition coefficient (Wildman–Crippen LogP) is 3.20. The van der Waals surface area contributed by atoms with Crippen LogP contribution in [0.3, 0.4) is 0 Å². The Bertz CT molecular complexity index is 558. The van der Waals surface area contributed by atoms with E-state index in [1.165, 1.54) is 7.11 Å². The molecule has 0 saturated carbocycles. The van der Waals surface area contributed by atoms with E-state index in [9.17, 15) is 4.79 Å². The zero-order chi connectivity index (χ0) is 14.4. The summed E-state index contributed by atoms with van der Waals surface area (Å²) in [5.41, 5.74) is 0.888. The van der Waals surface area contributed by atoms with Gasteiger partial charge in [0.1, 0.15) is 17.2 Å². The zero-order valence-electron chi connectivity index (χ0n) is 11.5. The molecule has 0 atom stereocenters. The van der Waals surface area contributed by atoms with Gasteiger partial charge in [0.15, 0.2) is 0 Å². The van der Waals surface area contributed by atoms with Gasteiger partial charge < -0.3 is 14.2 Å². The van der Waals surface area contributed by atoms with Crippen molar-refractivity contribution in [1.82, 2.24) is 0 Å². The summed E-state index contributed by atoms with van der Waals surface area (Å²) >= 11 is 0. The van der Waals surface area contributed by atoms with Crippen molar-refractivity contribution in [2.45, 2.75) is 6.42 Å². The minimum absolute atomic E-state index is 0.256. The van der Waals surface area contributed by atoms with E-state index >= 15 is 0 Å². The quantitative estimate of drug-likeness (QED) is 0.784. The molecule has 0 aliphatic carbocycles. The molecule has 0 heterocycles. The molecule has 0 radical (unpaired) electrons. The lowest BCUT2D eigenvalue weighted by atomic mass is 10.1. The maximum absolute atomic E-state index is 11.2. The molecule has 0 spiro atoms. The Morgan fingerprint density at radius 3 is 1.85 bits per heavy atom. The summed E-state index contributed by atoms with van der Waals surface area (Å²) in [6.45, 7) is 0. The van der Waals surface area contributed by atoms with Crippen LogP contribution in [0.25, 0.3) is 0 Å². The SMILES string of the molecule is COC(=O)Cc1ccc(Oc2ccc(OC)cc2)cc1. The van der Waals surface area contributed by atoms with Crippen molar-refractivity contribution in [2.24, 2.45) is 0 Å². The number of methoxy groups -OCH3 is 2. The first-order valence-electron chi connectivity index (χ1n) is 6.19. The topological polar surface area (TPSA) is 44.8 Å². The van der Waals surface area contributed by atoms with E-state index < -0.39 is 0 Å². The summed E-state index contributed by atoms with van der Waals surface area (Å²) in [4.78, 5) is 11.2. The van der Waals surface area contributed by atoms with Gasteiger partial charge in [-0.05, 0) is 42.0 Å². The maximum atomic E-state index is 11.2. The van der Waals surface area contributed by atoms with Crippen LogP contribution in [0, 0.1) is 0 Å². The van der Waals surface area contributed by atoms with Crippen LogP contribution in [0.1, 0.15) is 5.56 Å². The Morgan fingerprint density at radius 2 is 1.35 bits per heavy atom. The molecule has 0 N–H and O–H groups in total. The van der Waals surface area contributed by atoms with Crippen LogP contribution in [0.15, 0.2) is 48.5 Å². The molecule has 20 heavy (non-hydrogen) atoms. The van der Waals surface area contributed by atoms with E-state index in [1.54, 1.807) is 7.11 Å². The number of hydrogen-bond acceptors (Lipinski definition) is 4. The van der Waals surface area contributed by atoms with Crippen molar-refractivity contribution in [3.8, 4) is 17.2 Å². The first-order chi connectivity index (χ1) is 9.71. The summed E-state index contributed by atoms with van der Waals surface area (Å²) in [6.07, 6.45) is 0.263. The van der Waals surface area contributed by atoms with E-state index in [2.05, 4.69) is 4.74 Å². The van der Waals surface area contributed by atoms with E-state index in [1.807, 2.05) is 48.5 Å². The van der Waals surface area contributed by atoms with Crippen molar-refractivity contribution in [3.05, 3.63) is 54.1 Å². The summed E-state index contributed by atoms with van der Waals surface area (Å²) < 4.78 is 15.4. The molecule has 4 nitrogen and oxygen atoms in total. The van der Waals surface area contributed by atoms with Gasteiger partial charge in [0.25, 0.3) is 0 Å². The second-order valence-corrected chi connectivity index (χ2v) is 4.17.